The van der Waals surface area contributed by atoms with Gasteiger partial charge in [0, 0.05) is 18.6 Å². The van der Waals surface area contributed by atoms with Gasteiger partial charge in [-0.3, -0.25) is 19.8 Å². The van der Waals surface area contributed by atoms with Crippen LogP contribution >= 0.6 is 0 Å². The average molecular weight is 413 g/mol. The number of hydrogen-bond donors (Lipinski definition) is 2. The Morgan fingerprint density at radius 1 is 1.03 bits per heavy atom. The van der Waals surface area contributed by atoms with Crippen molar-refractivity contribution in [1.82, 2.24) is 15.5 Å². The first kappa shape index (κ1) is 24.6. The topological polar surface area (TPSA) is 123 Å². The standard InChI is InChI=1S/C19H31N3O7/c1-5-10-20-15(23)11-22(12-16(24)27-2)14-9-7-6-8-13(14)21-17(18(25)28-3)19(26)29-4/h5,13-14,17,21H,1,6-12H2,2-4H3,(H,20,23). The second-order valence-electron chi connectivity index (χ2n) is 6.68. The summed E-state index contributed by atoms with van der Waals surface area (Å²) in [6, 6.07) is -1.89. The molecule has 1 fully saturated rings. The van der Waals surface area contributed by atoms with Crippen molar-refractivity contribution in [2.24, 2.45) is 0 Å². The average Bonchev–Trinajstić information content (AvgIpc) is 2.74. The van der Waals surface area contributed by atoms with Gasteiger partial charge in [-0.1, -0.05) is 18.9 Å². The van der Waals surface area contributed by atoms with Crippen molar-refractivity contribution >= 4 is 23.8 Å². The molecule has 1 rings (SSSR count). The van der Waals surface area contributed by atoms with E-state index in [9.17, 15) is 19.2 Å². The predicted molar refractivity (Wildman–Crippen MR) is 104 cm³/mol. The van der Waals surface area contributed by atoms with Crippen molar-refractivity contribution in [1.29, 1.82) is 0 Å². The lowest BCUT2D eigenvalue weighted by atomic mass is 9.88. The summed E-state index contributed by atoms with van der Waals surface area (Å²) >= 11 is 0. The minimum atomic E-state index is -1.29. The van der Waals surface area contributed by atoms with Crippen LogP contribution in [0.1, 0.15) is 25.7 Å². The first-order chi connectivity index (χ1) is 13.9. The molecule has 0 bridgehead atoms. The van der Waals surface area contributed by atoms with Crippen LogP contribution in [-0.2, 0) is 33.4 Å². The maximum absolute atomic E-state index is 12.2. The van der Waals surface area contributed by atoms with E-state index in [1.165, 1.54) is 21.3 Å². The molecule has 1 saturated carbocycles. The lowest BCUT2D eigenvalue weighted by molar-refractivity contribution is -0.156. The van der Waals surface area contributed by atoms with Crippen molar-refractivity contribution in [3.8, 4) is 0 Å². The Morgan fingerprint density at radius 2 is 1.66 bits per heavy atom. The number of rotatable bonds is 11. The Bertz CT molecular complexity index is 580. The van der Waals surface area contributed by atoms with Gasteiger partial charge in [0.15, 0.2) is 0 Å². The van der Waals surface area contributed by atoms with Gasteiger partial charge in [-0.2, -0.15) is 0 Å². The highest BCUT2D eigenvalue weighted by Gasteiger charge is 2.38. The highest BCUT2D eigenvalue weighted by Crippen LogP contribution is 2.24. The third-order valence-electron chi connectivity index (χ3n) is 4.80. The van der Waals surface area contributed by atoms with Crippen LogP contribution in [0.25, 0.3) is 0 Å². The van der Waals surface area contributed by atoms with E-state index in [-0.39, 0.29) is 31.1 Å². The van der Waals surface area contributed by atoms with Crippen LogP contribution in [-0.4, -0.2) is 87.8 Å². The molecule has 0 radical (unpaired) electrons. The summed E-state index contributed by atoms with van der Waals surface area (Å²) < 4.78 is 14.2. The second kappa shape index (κ2) is 12.9. The van der Waals surface area contributed by atoms with Crippen LogP contribution in [0.3, 0.4) is 0 Å². The van der Waals surface area contributed by atoms with E-state index < -0.39 is 23.9 Å². The van der Waals surface area contributed by atoms with Crippen molar-refractivity contribution in [3.63, 3.8) is 0 Å². The molecule has 0 saturated heterocycles. The van der Waals surface area contributed by atoms with E-state index in [0.717, 1.165) is 12.8 Å². The number of carbonyl (C=O) groups excluding carboxylic acids is 4. The van der Waals surface area contributed by atoms with Crippen LogP contribution in [0.4, 0.5) is 0 Å². The first-order valence-corrected chi connectivity index (χ1v) is 9.48. The molecule has 2 atom stereocenters. The molecule has 0 aromatic carbocycles. The van der Waals surface area contributed by atoms with E-state index in [4.69, 9.17) is 14.2 Å². The van der Waals surface area contributed by atoms with Crippen molar-refractivity contribution in [2.75, 3.05) is 41.0 Å². The summed E-state index contributed by atoms with van der Waals surface area (Å²) in [5.74, 6) is -2.27. The van der Waals surface area contributed by atoms with Crippen molar-refractivity contribution < 1.29 is 33.4 Å². The molecule has 0 heterocycles. The van der Waals surface area contributed by atoms with E-state index >= 15 is 0 Å². The molecular formula is C19H31N3O7. The summed E-state index contributed by atoms with van der Waals surface area (Å²) in [4.78, 5) is 49.9. The van der Waals surface area contributed by atoms with Gasteiger partial charge < -0.3 is 19.5 Å². The third kappa shape index (κ3) is 7.82. The zero-order valence-electron chi connectivity index (χ0n) is 17.3. The van der Waals surface area contributed by atoms with Gasteiger partial charge in [-0.15, -0.1) is 6.58 Å². The van der Waals surface area contributed by atoms with Crippen LogP contribution in [0.15, 0.2) is 12.7 Å². The summed E-state index contributed by atoms with van der Waals surface area (Å²) in [6.45, 7) is 3.74. The van der Waals surface area contributed by atoms with Crippen LogP contribution < -0.4 is 10.6 Å². The van der Waals surface area contributed by atoms with E-state index in [1.54, 1.807) is 11.0 Å². The minimum absolute atomic E-state index is 0.0348. The summed E-state index contributed by atoms with van der Waals surface area (Å²) in [7, 11) is 3.65. The fourth-order valence-electron chi connectivity index (χ4n) is 3.37. The summed E-state index contributed by atoms with van der Waals surface area (Å²) in [6.07, 6.45) is 4.65. The number of nitrogens with one attached hydrogen (secondary N) is 2. The van der Waals surface area contributed by atoms with Gasteiger partial charge in [-0.05, 0) is 12.8 Å². The van der Waals surface area contributed by atoms with Crippen LogP contribution in [0, 0.1) is 0 Å². The fraction of sp³-hybridized carbons (Fsp3) is 0.684. The molecule has 1 amide bonds. The number of esters is 3. The number of ether oxygens (including phenoxy) is 3. The Morgan fingerprint density at radius 3 is 2.21 bits per heavy atom. The molecule has 2 unspecified atom stereocenters. The molecule has 1 aliphatic rings. The first-order valence-electron chi connectivity index (χ1n) is 9.48. The van der Waals surface area contributed by atoms with Gasteiger partial charge in [0.1, 0.15) is 0 Å². The maximum Gasteiger partial charge on any atom is 0.334 e. The summed E-state index contributed by atoms with van der Waals surface area (Å²) in [5.41, 5.74) is 0. The molecule has 0 aromatic heterocycles. The van der Waals surface area contributed by atoms with Crippen LogP contribution in [0.5, 0.6) is 0 Å². The zero-order valence-corrected chi connectivity index (χ0v) is 17.3. The number of carbonyl (C=O) groups is 4. The number of hydrogen-bond acceptors (Lipinski definition) is 9. The monoisotopic (exact) mass is 413 g/mol. The molecule has 2 N–H and O–H groups in total. The third-order valence-corrected chi connectivity index (χ3v) is 4.80. The van der Waals surface area contributed by atoms with Crippen molar-refractivity contribution in [2.45, 2.75) is 43.8 Å². The van der Waals surface area contributed by atoms with Gasteiger partial charge in [0.05, 0.1) is 34.4 Å². The second-order valence-corrected chi connectivity index (χ2v) is 6.68. The number of amides is 1. The zero-order chi connectivity index (χ0) is 21.8. The molecule has 0 spiro atoms. The minimum Gasteiger partial charge on any atom is -0.468 e. The quantitative estimate of drug-likeness (QED) is 0.197. The SMILES string of the molecule is C=CCNC(=O)CN(CC(=O)OC)C1CCCCC1NC(C(=O)OC)C(=O)OC. The molecule has 10 nitrogen and oxygen atoms in total. The van der Waals surface area contributed by atoms with Crippen LogP contribution in [0.2, 0.25) is 0 Å². The molecular weight excluding hydrogens is 382 g/mol. The van der Waals surface area contributed by atoms with E-state index in [1.807, 2.05) is 0 Å². The number of methoxy groups -OCH3 is 3. The molecule has 29 heavy (non-hydrogen) atoms. The Balaban J connectivity index is 3.03. The molecule has 0 aliphatic heterocycles. The van der Waals surface area contributed by atoms with Gasteiger partial charge in [-0.25, -0.2) is 9.59 Å². The van der Waals surface area contributed by atoms with E-state index in [2.05, 4.69) is 17.2 Å². The lowest BCUT2D eigenvalue weighted by Gasteiger charge is -2.40. The highest BCUT2D eigenvalue weighted by molar-refractivity contribution is 5.99. The summed E-state index contributed by atoms with van der Waals surface area (Å²) in [5, 5.41) is 5.69. The van der Waals surface area contributed by atoms with E-state index in [0.29, 0.717) is 19.4 Å². The Hall–Kier alpha value is -2.46. The van der Waals surface area contributed by atoms with Gasteiger partial charge >= 0.3 is 17.9 Å². The van der Waals surface area contributed by atoms with Gasteiger partial charge in [0.25, 0.3) is 0 Å². The molecule has 164 valence electrons. The Labute approximate surface area is 170 Å². The van der Waals surface area contributed by atoms with Crippen molar-refractivity contribution in [3.05, 3.63) is 12.7 Å². The normalized spacial score (nSPS) is 18.8. The lowest BCUT2D eigenvalue weighted by Crippen LogP contribution is -2.60. The van der Waals surface area contributed by atoms with Gasteiger partial charge in [0.2, 0.25) is 11.9 Å². The maximum atomic E-state index is 12.2. The Kier molecular flexibility index (Phi) is 10.9. The number of nitrogens with zero attached hydrogens (tertiary/aromatic N) is 1. The highest BCUT2D eigenvalue weighted by atomic mass is 16.5. The molecule has 10 heteroatoms. The smallest absolute Gasteiger partial charge is 0.334 e. The predicted octanol–water partition coefficient (Wildman–Crippen LogP) is -0.621. The molecule has 0 aromatic rings. The largest absolute Gasteiger partial charge is 0.468 e. The molecule has 1 aliphatic carbocycles. The fourth-order valence-corrected chi connectivity index (χ4v) is 3.37.